The van der Waals surface area contributed by atoms with Gasteiger partial charge in [0.05, 0.1) is 0 Å². The van der Waals surface area contributed by atoms with Gasteiger partial charge in [-0.3, -0.25) is 0 Å². The minimum atomic E-state index is 0.614. The highest BCUT2D eigenvalue weighted by Gasteiger charge is 2.01. The summed E-state index contributed by atoms with van der Waals surface area (Å²) in [5.41, 5.74) is 6.72. The molecule has 2 N–H and O–H groups in total. The van der Waals surface area contributed by atoms with Crippen molar-refractivity contribution in [1.82, 2.24) is 9.97 Å². The lowest BCUT2D eigenvalue weighted by Crippen LogP contribution is -1.99. The van der Waals surface area contributed by atoms with E-state index in [1.807, 2.05) is 6.92 Å². The molecule has 0 amide bonds. The van der Waals surface area contributed by atoms with E-state index in [9.17, 15) is 0 Å². The van der Waals surface area contributed by atoms with E-state index < -0.39 is 0 Å². The monoisotopic (exact) mass is 183 g/mol. The van der Waals surface area contributed by atoms with Crippen molar-refractivity contribution in [3.63, 3.8) is 0 Å². The van der Waals surface area contributed by atoms with Gasteiger partial charge in [-0.2, -0.15) is 0 Å². The molecule has 1 aromatic rings. The molecule has 1 rings (SSSR count). The van der Waals surface area contributed by atoms with Crippen LogP contribution < -0.4 is 5.73 Å². The van der Waals surface area contributed by atoms with Gasteiger partial charge in [-0.05, 0) is 12.2 Å². The van der Waals surface area contributed by atoms with Gasteiger partial charge in [-0.15, -0.1) is 0 Å². The summed E-state index contributed by atoms with van der Waals surface area (Å²) in [6, 6.07) is 0. The van der Waals surface area contributed by atoms with Gasteiger partial charge in [-0.25, -0.2) is 9.97 Å². The van der Waals surface area contributed by atoms with Crippen molar-refractivity contribution >= 4 is 17.6 Å². The molecule has 0 radical (unpaired) electrons. The van der Waals surface area contributed by atoms with Crippen LogP contribution in [0.25, 0.3) is 0 Å². The third-order valence-electron chi connectivity index (χ3n) is 1.53. The second-order valence-electron chi connectivity index (χ2n) is 2.35. The summed E-state index contributed by atoms with van der Waals surface area (Å²) in [4.78, 5) is 8.34. The molecule has 3 nitrogen and oxygen atoms in total. The lowest BCUT2D eigenvalue weighted by Gasteiger charge is -2.02. The van der Waals surface area contributed by atoms with E-state index in [1.165, 1.54) is 0 Å². The van der Waals surface area contributed by atoms with E-state index >= 15 is 0 Å². The SMILES string of the molecule is CCSc1ncc(CC)c(N)n1. The van der Waals surface area contributed by atoms with Crippen LogP contribution >= 0.6 is 11.8 Å². The van der Waals surface area contributed by atoms with Gasteiger partial charge in [0.1, 0.15) is 5.82 Å². The van der Waals surface area contributed by atoms with Gasteiger partial charge in [0, 0.05) is 11.8 Å². The van der Waals surface area contributed by atoms with Crippen LogP contribution in [0.3, 0.4) is 0 Å². The second kappa shape index (κ2) is 4.30. The Balaban J connectivity index is 2.86. The minimum Gasteiger partial charge on any atom is -0.383 e. The van der Waals surface area contributed by atoms with Crippen LogP contribution in [0, 0.1) is 0 Å². The third kappa shape index (κ3) is 2.11. The second-order valence-corrected chi connectivity index (χ2v) is 3.58. The van der Waals surface area contributed by atoms with Gasteiger partial charge in [0.25, 0.3) is 0 Å². The van der Waals surface area contributed by atoms with Gasteiger partial charge >= 0.3 is 0 Å². The van der Waals surface area contributed by atoms with Crippen LogP contribution in [0.4, 0.5) is 5.82 Å². The number of thioether (sulfide) groups is 1. The van der Waals surface area contributed by atoms with Gasteiger partial charge in [-0.1, -0.05) is 25.6 Å². The van der Waals surface area contributed by atoms with E-state index in [2.05, 4.69) is 16.9 Å². The molecule has 0 unspecified atom stereocenters. The summed E-state index contributed by atoms with van der Waals surface area (Å²) < 4.78 is 0. The van der Waals surface area contributed by atoms with Crippen molar-refractivity contribution < 1.29 is 0 Å². The van der Waals surface area contributed by atoms with E-state index in [4.69, 9.17) is 5.73 Å². The molecule has 66 valence electrons. The minimum absolute atomic E-state index is 0.614. The average Bonchev–Trinajstić information content (AvgIpc) is 2.05. The van der Waals surface area contributed by atoms with Crippen LogP contribution in [0.15, 0.2) is 11.4 Å². The Morgan fingerprint density at radius 3 is 2.75 bits per heavy atom. The van der Waals surface area contributed by atoms with Gasteiger partial charge in [0.2, 0.25) is 0 Å². The maximum Gasteiger partial charge on any atom is 0.189 e. The van der Waals surface area contributed by atoms with E-state index in [0.717, 1.165) is 22.9 Å². The van der Waals surface area contributed by atoms with Crippen LogP contribution in [0.1, 0.15) is 19.4 Å². The van der Waals surface area contributed by atoms with Crippen molar-refractivity contribution in [2.45, 2.75) is 25.4 Å². The van der Waals surface area contributed by atoms with Crippen LogP contribution in [0.5, 0.6) is 0 Å². The number of nitrogen functional groups attached to an aromatic ring is 1. The Labute approximate surface area is 76.8 Å². The number of hydrogen-bond donors (Lipinski definition) is 1. The van der Waals surface area contributed by atoms with E-state index in [0.29, 0.717) is 5.82 Å². The molecule has 0 saturated carbocycles. The number of nitrogens with zero attached hydrogens (tertiary/aromatic N) is 2. The zero-order chi connectivity index (χ0) is 8.97. The highest BCUT2D eigenvalue weighted by Crippen LogP contribution is 2.15. The number of nitrogens with two attached hydrogens (primary N) is 1. The zero-order valence-corrected chi connectivity index (χ0v) is 8.19. The summed E-state index contributed by atoms with van der Waals surface area (Å²) >= 11 is 1.61. The molecule has 0 aliphatic rings. The first-order chi connectivity index (χ1) is 5.77. The Hall–Kier alpha value is -0.770. The van der Waals surface area contributed by atoms with E-state index in [-0.39, 0.29) is 0 Å². The molecular weight excluding hydrogens is 170 g/mol. The molecule has 0 atom stereocenters. The van der Waals surface area contributed by atoms with Crippen molar-refractivity contribution in [3.8, 4) is 0 Å². The normalized spacial score (nSPS) is 10.2. The third-order valence-corrected chi connectivity index (χ3v) is 2.27. The Morgan fingerprint density at radius 1 is 1.50 bits per heavy atom. The molecule has 0 aromatic carbocycles. The highest BCUT2D eigenvalue weighted by molar-refractivity contribution is 7.99. The van der Waals surface area contributed by atoms with Crippen LogP contribution in [-0.2, 0) is 6.42 Å². The van der Waals surface area contributed by atoms with Crippen LogP contribution in [-0.4, -0.2) is 15.7 Å². The van der Waals surface area contributed by atoms with Crippen molar-refractivity contribution in [3.05, 3.63) is 11.8 Å². The standard InChI is InChI=1S/C8H13N3S/c1-3-6-5-10-8(12-4-2)11-7(6)9/h5H,3-4H2,1-2H3,(H2,9,10,11). The van der Waals surface area contributed by atoms with Crippen molar-refractivity contribution in [2.24, 2.45) is 0 Å². The highest BCUT2D eigenvalue weighted by atomic mass is 32.2. The molecule has 1 aromatic heterocycles. The summed E-state index contributed by atoms with van der Waals surface area (Å²) in [7, 11) is 0. The first kappa shape index (κ1) is 9.32. The molecule has 0 bridgehead atoms. The lowest BCUT2D eigenvalue weighted by molar-refractivity contribution is 0.936. The topological polar surface area (TPSA) is 51.8 Å². The number of aromatic nitrogens is 2. The fraction of sp³-hybridized carbons (Fsp3) is 0.500. The predicted molar refractivity (Wildman–Crippen MR) is 52.2 cm³/mol. The molecule has 0 aliphatic carbocycles. The molecule has 4 heteroatoms. The van der Waals surface area contributed by atoms with Gasteiger partial charge < -0.3 is 5.73 Å². The molecule has 0 saturated heterocycles. The summed E-state index contributed by atoms with van der Waals surface area (Å²) in [5.74, 6) is 1.59. The Bertz CT molecular complexity index is 262. The maximum absolute atomic E-state index is 5.70. The molecule has 0 spiro atoms. The van der Waals surface area contributed by atoms with E-state index in [1.54, 1.807) is 18.0 Å². The first-order valence-electron chi connectivity index (χ1n) is 4.02. The lowest BCUT2D eigenvalue weighted by atomic mass is 10.2. The number of aryl methyl sites for hydroxylation is 1. The maximum atomic E-state index is 5.70. The largest absolute Gasteiger partial charge is 0.383 e. The molecule has 1 heterocycles. The fourth-order valence-corrected chi connectivity index (χ4v) is 1.42. The first-order valence-corrected chi connectivity index (χ1v) is 5.00. The van der Waals surface area contributed by atoms with Crippen molar-refractivity contribution in [1.29, 1.82) is 0 Å². The number of hydrogen-bond acceptors (Lipinski definition) is 4. The number of rotatable bonds is 3. The average molecular weight is 183 g/mol. The van der Waals surface area contributed by atoms with Crippen molar-refractivity contribution in [2.75, 3.05) is 11.5 Å². The molecule has 0 fully saturated rings. The van der Waals surface area contributed by atoms with Crippen LogP contribution in [0.2, 0.25) is 0 Å². The quantitative estimate of drug-likeness (QED) is 0.573. The Morgan fingerprint density at radius 2 is 2.25 bits per heavy atom. The zero-order valence-electron chi connectivity index (χ0n) is 7.37. The number of anilines is 1. The molecule has 0 aliphatic heterocycles. The summed E-state index contributed by atoms with van der Waals surface area (Å²) in [6.45, 7) is 4.11. The summed E-state index contributed by atoms with van der Waals surface area (Å²) in [5, 5.41) is 0.771. The van der Waals surface area contributed by atoms with Gasteiger partial charge in [0.15, 0.2) is 5.16 Å². The smallest absolute Gasteiger partial charge is 0.189 e. The summed E-state index contributed by atoms with van der Waals surface area (Å²) in [6.07, 6.45) is 2.70. The molecular formula is C8H13N3S. The predicted octanol–water partition coefficient (Wildman–Crippen LogP) is 1.73. The fourth-order valence-electron chi connectivity index (χ4n) is 0.874. The molecule has 12 heavy (non-hydrogen) atoms. The Kier molecular flexibility index (Phi) is 3.34.